The van der Waals surface area contributed by atoms with Gasteiger partial charge in [0.15, 0.2) is 5.82 Å². The molecule has 10 aromatic carbocycles. The fourth-order valence-electron chi connectivity index (χ4n) is 11.6. The Morgan fingerprint density at radius 1 is 0.318 bits per heavy atom. The van der Waals surface area contributed by atoms with Crippen LogP contribution in [0.2, 0.25) is 0 Å². The van der Waals surface area contributed by atoms with Gasteiger partial charge in [0.05, 0.1) is 16.8 Å². The van der Waals surface area contributed by atoms with E-state index in [-0.39, 0.29) is 5.41 Å². The van der Waals surface area contributed by atoms with Gasteiger partial charge < -0.3 is 0 Å². The van der Waals surface area contributed by atoms with Gasteiger partial charge in [-0.3, -0.25) is 0 Å². The van der Waals surface area contributed by atoms with Crippen LogP contribution in [0.25, 0.3) is 88.8 Å². The van der Waals surface area contributed by atoms with Gasteiger partial charge in [-0.15, -0.1) is 0 Å². The molecule has 310 valence electrons. The summed E-state index contributed by atoms with van der Waals surface area (Å²) >= 11 is 0. The van der Waals surface area contributed by atoms with E-state index in [1.807, 2.05) is 0 Å². The van der Waals surface area contributed by atoms with Crippen molar-refractivity contribution < 1.29 is 0 Å². The SMILES string of the molecule is CC1(C)c2cc(-c3ccc(-c4nc(-c5ccccc5)cc(-c5ccc6c(c5)C(c5ccccc5)(c5ccccc5)c5ccccc5-6)n4)c4ccccc34)ccc2-c2ccc3ccccc3c21. The molecule has 0 unspecified atom stereocenters. The number of hydrogen-bond donors (Lipinski definition) is 0. The third-order valence-electron chi connectivity index (χ3n) is 14.6. The fraction of sp³-hybridized carbons (Fsp3) is 0.0625. The molecular formula is C64H44N2. The normalized spacial score (nSPS) is 13.8. The maximum absolute atomic E-state index is 5.52. The molecular weight excluding hydrogens is 797 g/mol. The molecule has 0 N–H and O–H groups in total. The van der Waals surface area contributed by atoms with Gasteiger partial charge in [0.25, 0.3) is 0 Å². The van der Waals surface area contributed by atoms with Crippen molar-refractivity contribution in [2.45, 2.75) is 24.7 Å². The van der Waals surface area contributed by atoms with E-state index in [0.717, 1.165) is 33.5 Å². The van der Waals surface area contributed by atoms with Crippen molar-refractivity contribution >= 4 is 21.5 Å². The molecule has 2 nitrogen and oxygen atoms in total. The van der Waals surface area contributed by atoms with Crippen LogP contribution in [0.1, 0.15) is 47.2 Å². The quantitative estimate of drug-likeness (QED) is 0.167. The lowest BCUT2D eigenvalue weighted by molar-refractivity contribution is 0.666. The van der Waals surface area contributed by atoms with Gasteiger partial charge in [-0.05, 0) is 113 Å². The Balaban J connectivity index is 0.982. The summed E-state index contributed by atoms with van der Waals surface area (Å²) in [5.41, 5.74) is 19.6. The molecule has 2 aliphatic rings. The van der Waals surface area contributed by atoms with Crippen molar-refractivity contribution in [3.05, 3.63) is 264 Å². The van der Waals surface area contributed by atoms with E-state index in [0.29, 0.717) is 5.82 Å². The molecule has 2 aliphatic carbocycles. The van der Waals surface area contributed by atoms with Crippen LogP contribution in [0, 0.1) is 0 Å². The second-order valence-corrected chi connectivity index (χ2v) is 18.4. The van der Waals surface area contributed by atoms with Gasteiger partial charge in [0.2, 0.25) is 0 Å². The highest BCUT2D eigenvalue weighted by atomic mass is 14.9. The lowest BCUT2D eigenvalue weighted by atomic mass is 9.67. The zero-order chi connectivity index (χ0) is 44.0. The monoisotopic (exact) mass is 840 g/mol. The van der Waals surface area contributed by atoms with Crippen molar-refractivity contribution in [1.29, 1.82) is 0 Å². The van der Waals surface area contributed by atoms with Crippen molar-refractivity contribution in [2.75, 3.05) is 0 Å². The van der Waals surface area contributed by atoms with Crippen LogP contribution >= 0.6 is 0 Å². The lowest BCUT2D eigenvalue weighted by Crippen LogP contribution is -2.28. The van der Waals surface area contributed by atoms with Crippen molar-refractivity contribution in [2.24, 2.45) is 0 Å². The van der Waals surface area contributed by atoms with Gasteiger partial charge in [-0.2, -0.15) is 0 Å². The molecule has 0 amide bonds. The molecule has 1 heterocycles. The van der Waals surface area contributed by atoms with E-state index in [1.165, 1.54) is 82.9 Å². The molecule has 0 bridgehead atoms. The summed E-state index contributed by atoms with van der Waals surface area (Å²) in [6, 6.07) is 84.3. The standard InChI is InChI=1S/C64H44N2/c1-63(2)57-38-43(31-33-53(57)54-35-30-41-18-12-13-25-48(41)61(54)63)47-36-37-55(50-27-15-14-26-49(47)50)62-65-59(42-19-6-3-7-20-42)40-60(66-62)44-32-34-52-51-28-16-17-29-56(51)64(58(52)39-44,45-21-8-4-9-22-45)46-23-10-5-11-24-46/h3-40H,1-2H3. The van der Waals surface area contributed by atoms with Crippen molar-refractivity contribution in [1.82, 2.24) is 9.97 Å². The topological polar surface area (TPSA) is 25.8 Å². The van der Waals surface area contributed by atoms with Gasteiger partial charge in [-0.1, -0.05) is 220 Å². The molecule has 0 spiro atoms. The van der Waals surface area contributed by atoms with Crippen LogP contribution in [0.5, 0.6) is 0 Å². The Labute approximate surface area is 385 Å². The van der Waals surface area contributed by atoms with Gasteiger partial charge in [0, 0.05) is 22.1 Å². The highest BCUT2D eigenvalue weighted by Crippen LogP contribution is 2.57. The number of nitrogens with zero attached hydrogens (tertiary/aromatic N) is 2. The van der Waals surface area contributed by atoms with Crippen molar-refractivity contribution in [3.8, 4) is 67.3 Å². The van der Waals surface area contributed by atoms with Crippen molar-refractivity contribution in [3.63, 3.8) is 0 Å². The van der Waals surface area contributed by atoms with Crippen LogP contribution in [-0.2, 0) is 10.8 Å². The largest absolute Gasteiger partial charge is 0.228 e. The lowest BCUT2D eigenvalue weighted by Gasteiger charge is -2.34. The summed E-state index contributed by atoms with van der Waals surface area (Å²) in [6.45, 7) is 4.76. The first-order valence-corrected chi connectivity index (χ1v) is 23.0. The zero-order valence-electron chi connectivity index (χ0n) is 36.8. The summed E-state index contributed by atoms with van der Waals surface area (Å²) < 4.78 is 0. The minimum atomic E-state index is -0.516. The van der Waals surface area contributed by atoms with Crippen LogP contribution in [0.3, 0.4) is 0 Å². The summed E-state index contributed by atoms with van der Waals surface area (Å²) in [6.07, 6.45) is 0. The number of benzene rings is 10. The molecule has 66 heavy (non-hydrogen) atoms. The van der Waals surface area contributed by atoms with Crippen LogP contribution < -0.4 is 0 Å². The summed E-state index contributed by atoms with van der Waals surface area (Å²) in [7, 11) is 0. The second kappa shape index (κ2) is 14.7. The molecule has 0 radical (unpaired) electrons. The molecule has 0 saturated carbocycles. The predicted octanol–water partition coefficient (Wildman–Crippen LogP) is 16.1. The van der Waals surface area contributed by atoms with Gasteiger partial charge in [0.1, 0.15) is 0 Å². The summed E-state index contributed by atoms with van der Waals surface area (Å²) in [5, 5.41) is 4.92. The summed E-state index contributed by atoms with van der Waals surface area (Å²) in [5.74, 6) is 0.702. The average Bonchev–Trinajstić information content (AvgIpc) is 3.81. The number of fused-ring (bicyclic) bond motifs is 9. The van der Waals surface area contributed by atoms with Crippen LogP contribution in [-0.4, -0.2) is 9.97 Å². The Kier molecular flexibility index (Phi) is 8.51. The number of aromatic nitrogens is 2. The minimum absolute atomic E-state index is 0.151. The van der Waals surface area contributed by atoms with Crippen LogP contribution in [0.4, 0.5) is 0 Å². The molecule has 0 aliphatic heterocycles. The molecule has 2 heteroatoms. The van der Waals surface area contributed by atoms with E-state index >= 15 is 0 Å². The Morgan fingerprint density at radius 3 is 1.55 bits per heavy atom. The van der Waals surface area contributed by atoms with E-state index in [1.54, 1.807) is 0 Å². The number of hydrogen-bond acceptors (Lipinski definition) is 2. The van der Waals surface area contributed by atoms with Crippen LogP contribution in [0.15, 0.2) is 231 Å². The average molecular weight is 841 g/mol. The molecule has 0 fully saturated rings. The minimum Gasteiger partial charge on any atom is -0.228 e. The highest BCUT2D eigenvalue weighted by molar-refractivity contribution is 6.05. The fourth-order valence-corrected chi connectivity index (χ4v) is 11.6. The Bertz CT molecular complexity index is 3680. The third kappa shape index (κ3) is 5.61. The van der Waals surface area contributed by atoms with Gasteiger partial charge >= 0.3 is 0 Å². The molecule has 1 aromatic heterocycles. The molecule has 0 saturated heterocycles. The van der Waals surface area contributed by atoms with E-state index in [9.17, 15) is 0 Å². The first kappa shape index (κ1) is 38.3. The Hall–Kier alpha value is -8.20. The van der Waals surface area contributed by atoms with Gasteiger partial charge in [-0.25, -0.2) is 9.97 Å². The zero-order valence-corrected chi connectivity index (χ0v) is 36.8. The second-order valence-electron chi connectivity index (χ2n) is 18.4. The smallest absolute Gasteiger partial charge is 0.161 e. The van der Waals surface area contributed by atoms with E-state index in [2.05, 4.69) is 244 Å². The Morgan fingerprint density at radius 2 is 0.818 bits per heavy atom. The first-order chi connectivity index (χ1) is 32.5. The number of rotatable bonds is 6. The molecule has 11 aromatic rings. The first-order valence-electron chi connectivity index (χ1n) is 23.0. The molecule has 0 atom stereocenters. The third-order valence-corrected chi connectivity index (χ3v) is 14.6. The highest BCUT2D eigenvalue weighted by Gasteiger charge is 2.46. The van der Waals surface area contributed by atoms with E-state index in [4.69, 9.17) is 9.97 Å². The maximum atomic E-state index is 5.52. The predicted molar refractivity (Wildman–Crippen MR) is 274 cm³/mol. The van der Waals surface area contributed by atoms with E-state index < -0.39 is 5.41 Å². The summed E-state index contributed by atoms with van der Waals surface area (Å²) in [4.78, 5) is 10.9. The maximum Gasteiger partial charge on any atom is 0.161 e. The molecule has 13 rings (SSSR count).